The van der Waals surface area contributed by atoms with Crippen molar-refractivity contribution >= 4 is 47.4 Å². The quantitative estimate of drug-likeness (QED) is 0.0888. The molecule has 0 bridgehead atoms. The zero-order valence-corrected chi connectivity index (χ0v) is 27.2. The summed E-state index contributed by atoms with van der Waals surface area (Å²) in [6.45, 7) is 6.15. The van der Waals surface area contributed by atoms with Crippen LogP contribution in [0.15, 0.2) is 30.3 Å². The minimum Gasteiger partial charge on any atom is -0.481 e. The van der Waals surface area contributed by atoms with Gasteiger partial charge < -0.3 is 41.5 Å². The Kier molecular flexibility index (Phi) is 17.2. The largest absolute Gasteiger partial charge is 0.481 e. The average molecular weight is 664 g/mol. The van der Waals surface area contributed by atoms with E-state index in [-0.39, 0.29) is 25.2 Å². The van der Waals surface area contributed by atoms with Gasteiger partial charge in [0.2, 0.25) is 29.5 Å². The third kappa shape index (κ3) is 15.7. The van der Waals surface area contributed by atoms with Gasteiger partial charge in [-0.1, -0.05) is 44.2 Å². The Morgan fingerprint density at radius 2 is 1.13 bits per heavy atom. The first-order valence-corrected chi connectivity index (χ1v) is 15.1. The van der Waals surface area contributed by atoms with Gasteiger partial charge in [0.1, 0.15) is 30.2 Å². The van der Waals surface area contributed by atoms with Crippen LogP contribution >= 0.6 is 0 Å². The number of carboxylic acid groups (broad SMARTS) is 2. The lowest BCUT2D eigenvalue weighted by molar-refractivity contribution is -0.146. The van der Waals surface area contributed by atoms with E-state index in [1.807, 2.05) is 0 Å². The molecule has 0 radical (unpaired) electrons. The van der Waals surface area contributed by atoms with Crippen molar-refractivity contribution in [2.24, 2.45) is 5.92 Å². The van der Waals surface area contributed by atoms with Gasteiger partial charge in [0, 0.05) is 26.2 Å². The number of aliphatic carboxylic acids is 2. The standard InChI is InChI=1S/C31H45N5O11/c1-17(2)15-24(31(46)47-5)36-29(44)22(12-14-26(40)41)35-28(43)21(11-13-25(38)39)34-27(42)18(3)32-30(45)23(33-19(4)37)16-20-9-7-6-8-10-20/h6-10,17-18,21-24H,11-16H2,1-5H3,(H,32,45)(H,33,37)(H,34,42)(H,35,43)(H,36,44)(H,38,39)(H,40,41)/t18-,21-,22-,23-,24-/m0/s1. The molecule has 0 unspecified atom stereocenters. The summed E-state index contributed by atoms with van der Waals surface area (Å²) in [4.78, 5) is 99.1. The van der Waals surface area contributed by atoms with E-state index in [4.69, 9.17) is 4.74 Å². The third-order valence-electron chi connectivity index (χ3n) is 6.80. The summed E-state index contributed by atoms with van der Waals surface area (Å²) in [6, 6.07) is 2.45. The molecule has 7 N–H and O–H groups in total. The maximum Gasteiger partial charge on any atom is 0.328 e. The van der Waals surface area contributed by atoms with E-state index in [1.165, 1.54) is 13.8 Å². The molecule has 0 aromatic heterocycles. The van der Waals surface area contributed by atoms with Gasteiger partial charge in [0.15, 0.2) is 0 Å². The summed E-state index contributed by atoms with van der Waals surface area (Å²) in [5.74, 6) is -7.28. The van der Waals surface area contributed by atoms with Crippen LogP contribution in [0, 0.1) is 5.92 Å². The number of carbonyl (C=O) groups is 8. The number of hydrogen-bond acceptors (Lipinski definition) is 9. The van der Waals surface area contributed by atoms with Crippen LogP contribution < -0.4 is 26.6 Å². The fraction of sp³-hybridized carbons (Fsp3) is 0.548. The van der Waals surface area contributed by atoms with E-state index in [0.717, 1.165) is 12.7 Å². The fourth-order valence-electron chi connectivity index (χ4n) is 4.43. The molecule has 47 heavy (non-hydrogen) atoms. The molecular weight excluding hydrogens is 618 g/mol. The van der Waals surface area contributed by atoms with Crippen molar-refractivity contribution in [3.63, 3.8) is 0 Å². The van der Waals surface area contributed by atoms with Gasteiger partial charge in [-0.25, -0.2) is 4.79 Å². The van der Waals surface area contributed by atoms with Gasteiger partial charge in [-0.05, 0) is 37.7 Å². The average Bonchev–Trinajstić information content (AvgIpc) is 2.99. The minimum atomic E-state index is -1.51. The predicted molar refractivity (Wildman–Crippen MR) is 166 cm³/mol. The first kappa shape index (κ1) is 40.0. The van der Waals surface area contributed by atoms with E-state index in [0.29, 0.717) is 0 Å². The monoisotopic (exact) mass is 663 g/mol. The Morgan fingerprint density at radius 3 is 1.57 bits per heavy atom. The summed E-state index contributed by atoms with van der Waals surface area (Å²) < 4.78 is 4.73. The molecule has 0 saturated carbocycles. The number of hydrogen-bond donors (Lipinski definition) is 7. The number of nitrogens with one attached hydrogen (secondary N) is 5. The van der Waals surface area contributed by atoms with Crippen molar-refractivity contribution in [2.75, 3.05) is 7.11 Å². The lowest BCUT2D eigenvalue weighted by Crippen LogP contribution is -2.58. The fourth-order valence-corrected chi connectivity index (χ4v) is 4.43. The van der Waals surface area contributed by atoms with Gasteiger partial charge in [-0.15, -0.1) is 0 Å². The second-order valence-corrected chi connectivity index (χ2v) is 11.4. The van der Waals surface area contributed by atoms with Crippen molar-refractivity contribution < 1.29 is 53.3 Å². The Balaban J connectivity index is 3.12. The van der Waals surface area contributed by atoms with E-state index in [1.54, 1.807) is 44.2 Å². The molecule has 0 spiro atoms. The van der Waals surface area contributed by atoms with Crippen LogP contribution in [0.25, 0.3) is 0 Å². The van der Waals surface area contributed by atoms with Gasteiger partial charge in [0.05, 0.1) is 7.11 Å². The van der Waals surface area contributed by atoms with Crippen LogP contribution in [-0.2, 0) is 49.5 Å². The molecule has 5 amide bonds. The van der Waals surface area contributed by atoms with E-state index < -0.39 is 96.9 Å². The van der Waals surface area contributed by atoms with Crippen LogP contribution in [0.3, 0.4) is 0 Å². The van der Waals surface area contributed by atoms with Crippen LogP contribution in [0.2, 0.25) is 0 Å². The molecule has 0 aliphatic carbocycles. The van der Waals surface area contributed by atoms with Gasteiger partial charge in [-0.2, -0.15) is 0 Å². The Morgan fingerprint density at radius 1 is 0.660 bits per heavy atom. The van der Waals surface area contributed by atoms with E-state index in [9.17, 15) is 48.6 Å². The minimum absolute atomic E-state index is 0.0450. The summed E-state index contributed by atoms with van der Waals surface area (Å²) in [5.41, 5.74) is 0.743. The van der Waals surface area contributed by atoms with Crippen molar-refractivity contribution in [2.45, 2.75) is 96.4 Å². The summed E-state index contributed by atoms with van der Waals surface area (Å²) in [7, 11) is 1.13. The number of carbonyl (C=O) groups excluding carboxylic acids is 6. The second kappa shape index (κ2) is 20.2. The highest BCUT2D eigenvalue weighted by atomic mass is 16.5. The maximum atomic E-state index is 13.3. The second-order valence-electron chi connectivity index (χ2n) is 11.4. The topological polar surface area (TPSA) is 246 Å². The summed E-state index contributed by atoms with van der Waals surface area (Å²) >= 11 is 0. The van der Waals surface area contributed by atoms with E-state index in [2.05, 4.69) is 26.6 Å². The molecule has 0 aliphatic heterocycles. The normalized spacial score (nSPS) is 13.9. The number of benzene rings is 1. The molecule has 1 rings (SSSR count). The smallest absolute Gasteiger partial charge is 0.328 e. The predicted octanol–water partition coefficient (Wildman–Crippen LogP) is -0.358. The molecule has 16 nitrogen and oxygen atoms in total. The number of rotatable bonds is 20. The van der Waals surface area contributed by atoms with Gasteiger partial charge in [-0.3, -0.25) is 33.6 Å². The first-order valence-electron chi connectivity index (χ1n) is 15.1. The third-order valence-corrected chi connectivity index (χ3v) is 6.80. The van der Waals surface area contributed by atoms with Crippen LogP contribution in [0.1, 0.15) is 65.4 Å². The molecule has 16 heteroatoms. The number of esters is 1. The lowest BCUT2D eigenvalue weighted by atomic mass is 10.0. The molecule has 1 aromatic carbocycles. The SMILES string of the molecule is COC(=O)[C@H](CC(C)C)NC(=O)[C@H](CCC(=O)O)NC(=O)[C@H](CCC(=O)O)NC(=O)[C@H](C)NC(=O)[C@H](Cc1ccccc1)NC(C)=O. The molecule has 1 aromatic rings. The molecular formula is C31H45N5O11. The molecule has 5 atom stereocenters. The number of carboxylic acids is 2. The Bertz CT molecular complexity index is 1270. The van der Waals surface area contributed by atoms with Gasteiger partial charge in [0.25, 0.3) is 0 Å². The maximum absolute atomic E-state index is 13.3. The van der Waals surface area contributed by atoms with Crippen molar-refractivity contribution in [3.05, 3.63) is 35.9 Å². The van der Waals surface area contributed by atoms with E-state index >= 15 is 0 Å². The zero-order chi connectivity index (χ0) is 35.7. The van der Waals surface area contributed by atoms with Crippen LogP contribution in [0.5, 0.6) is 0 Å². The first-order chi connectivity index (χ1) is 22.0. The highest BCUT2D eigenvalue weighted by molar-refractivity contribution is 5.96. The highest BCUT2D eigenvalue weighted by Crippen LogP contribution is 2.09. The van der Waals surface area contributed by atoms with Crippen molar-refractivity contribution in [1.82, 2.24) is 26.6 Å². The molecule has 0 heterocycles. The number of methoxy groups -OCH3 is 1. The van der Waals surface area contributed by atoms with Gasteiger partial charge >= 0.3 is 17.9 Å². The lowest BCUT2D eigenvalue weighted by Gasteiger charge is -2.26. The number of ether oxygens (including phenoxy) is 1. The highest BCUT2D eigenvalue weighted by Gasteiger charge is 2.32. The van der Waals surface area contributed by atoms with Crippen LogP contribution in [0.4, 0.5) is 0 Å². The molecule has 0 aliphatic rings. The molecule has 260 valence electrons. The van der Waals surface area contributed by atoms with Crippen molar-refractivity contribution in [1.29, 1.82) is 0 Å². The summed E-state index contributed by atoms with van der Waals surface area (Å²) in [5, 5.41) is 30.6. The Labute approximate surface area is 272 Å². The summed E-state index contributed by atoms with van der Waals surface area (Å²) in [6.07, 6.45) is -1.60. The number of amides is 5. The van der Waals surface area contributed by atoms with Crippen molar-refractivity contribution in [3.8, 4) is 0 Å². The van der Waals surface area contributed by atoms with Crippen LogP contribution in [-0.4, -0.2) is 95.0 Å². The Hall–Kier alpha value is -5.02. The molecule has 0 saturated heterocycles. The zero-order valence-electron chi connectivity index (χ0n) is 27.2. The molecule has 0 fully saturated rings.